The van der Waals surface area contributed by atoms with Crippen molar-refractivity contribution in [1.82, 2.24) is 10.6 Å². The molecule has 0 fully saturated rings. The van der Waals surface area contributed by atoms with Gasteiger partial charge in [0.1, 0.15) is 5.76 Å². The smallest absolute Gasteiger partial charge is 0.191 e. The minimum absolute atomic E-state index is 0.483. The molecule has 1 aliphatic rings. The van der Waals surface area contributed by atoms with E-state index in [0.717, 1.165) is 44.1 Å². The zero-order valence-electron chi connectivity index (χ0n) is 12.4. The number of furan rings is 1. The largest absolute Gasteiger partial charge is 0.469 e. The van der Waals surface area contributed by atoms with Gasteiger partial charge in [-0.1, -0.05) is 26.0 Å². The number of nitrogens with one attached hydrogen (secondary N) is 2. The minimum atomic E-state index is 0.483. The molecule has 0 spiro atoms. The summed E-state index contributed by atoms with van der Waals surface area (Å²) in [6.45, 7) is 6.04. The molecule has 1 heterocycles. The van der Waals surface area contributed by atoms with Crippen LogP contribution < -0.4 is 10.6 Å². The van der Waals surface area contributed by atoms with Crippen LogP contribution >= 0.6 is 0 Å². The van der Waals surface area contributed by atoms with Gasteiger partial charge in [0.15, 0.2) is 5.96 Å². The number of nitrogens with zero attached hydrogens (tertiary/aromatic N) is 1. The van der Waals surface area contributed by atoms with Crippen molar-refractivity contribution in [3.8, 4) is 0 Å². The van der Waals surface area contributed by atoms with E-state index < -0.39 is 0 Å². The maximum absolute atomic E-state index is 5.34. The lowest BCUT2D eigenvalue weighted by molar-refractivity contribution is 0.506. The summed E-state index contributed by atoms with van der Waals surface area (Å²) in [7, 11) is 0. The summed E-state index contributed by atoms with van der Waals surface area (Å²) in [4.78, 5) is 4.64. The van der Waals surface area contributed by atoms with E-state index in [1.165, 1.54) is 0 Å². The first-order valence-electron chi connectivity index (χ1n) is 7.46. The van der Waals surface area contributed by atoms with Crippen LogP contribution in [0.2, 0.25) is 0 Å². The molecular formula is C16H25N3O. The Kier molecular flexibility index (Phi) is 5.71. The molecule has 0 unspecified atom stereocenters. The van der Waals surface area contributed by atoms with Crippen LogP contribution in [0.5, 0.6) is 0 Å². The van der Waals surface area contributed by atoms with Gasteiger partial charge in [-0.3, -0.25) is 4.99 Å². The molecule has 1 aromatic rings. The van der Waals surface area contributed by atoms with E-state index in [1.807, 2.05) is 12.1 Å². The SMILES string of the molecule is CC(C)CN=C(NCCc1ccco1)NC1CC=CC1. The van der Waals surface area contributed by atoms with Crippen molar-refractivity contribution in [3.05, 3.63) is 36.3 Å². The lowest BCUT2D eigenvalue weighted by Gasteiger charge is -2.17. The van der Waals surface area contributed by atoms with Gasteiger partial charge in [-0.05, 0) is 30.9 Å². The molecule has 0 bridgehead atoms. The van der Waals surface area contributed by atoms with Gasteiger partial charge in [0, 0.05) is 25.6 Å². The molecule has 1 aliphatic carbocycles. The van der Waals surface area contributed by atoms with Crippen molar-refractivity contribution < 1.29 is 4.42 Å². The van der Waals surface area contributed by atoms with Gasteiger partial charge in [-0.25, -0.2) is 0 Å². The van der Waals surface area contributed by atoms with E-state index in [2.05, 4.69) is 41.6 Å². The van der Waals surface area contributed by atoms with E-state index in [9.17, 15) is 0 Å². The van der Waals surface area contributed by atoms with Crippen LogP contribution in [0.3, 0.4) is 0 Å². The summed E-state index contributed by atoms with van der Waals surface area (Å²) in [6, 6.07) is 4.41. The first kappa shape index (κ1) is 14.7. The van der Waals surface area contributed by atoms with Crippen LogP contribution in [-0.2, 0) is 6.42 Å². The van der Waals surface area contributed by atoms with Gasteiger partial charge in [-0.15, -0.1) is 0 Å². The molecule has 0 amide bonds. The number of hydrogen-bond donors (Lipinski definition) is 2. The Morgan fingerprint density at radius 1 is 1.40 bits per heavy atom. The zero-order chi connectivity index (χ0) is 14.2. The highest BCUT2D eigenvalue weighted by Crippen LogP contribution is 2.08. The monoisotopic (exact) mass is 275 g/mol. The van der Waals surface area contributed by atoms with Crippen molar-refractivity contribution in [1.29, 1.82) is 0 Å². The number of hydrogen-bond acceptors (Lipinski definition) is 2. The van der Waals surface area contributed by atoms with Crippen LogP contribution in [-0.4, -0.2) is 25.1 Å². The maximum atomic E-state index is 5.34. The third-order valence-corrected chi connectivity index (χ3v) is 3.21. The van der Waals surface area contributed by atoms with Crippen molar-refractivity contribution in [2.24, 2.45) is 10.9 Å². The van der Waals surface area contributed by atoms with Crippen LogP contribution in [0.25, 0.3) is 0 Å². The third kappa shape index (κ3) is 5.11. The molecule has 4 heteroatoms. The molecule has 4 nitrogen and oxygen atoms in total. The highest BCUT2D eigenvalue weighted by atomic mass is 16.3. The van der Waals surface area contributed by atoms with Crippen LogP contribution in [0.15, 0.2) is 40.0 Å². The second-order valence-electron chi connectivity index (χ2n) is 5.62. The topological polar surface area (TPSA) is 49.6 Å². The highest BCUT2D eigenvalue weighted by Gasteiger charge is 2.11. The summed E-state index contributed by atoms with van der Waals surface area (Å²) in [5, 5.41) is 6.89. The standard InChI is InChI=1S/C16H25N3O/c1-13(2)12-18-16(19-14-6-3-4-7-14)17-10-9-15-8-5-11-20-15/h3-5,8,11,13-14H,6-7,9-10,12H2,1-2H3,(H2,17,18,19). The number of guanidine groups is 1. The van der Waals surface area contributed by atoms with Crippen LogP contribution in [0.1, 0.15) is 32.4 Å². The van der Waals surface area contributed by atoms with E-state index in [0.29, 0.717) is 12.0 Å². The summed E-state index contributed by atoms with van der Waals surface area (Å²) in [6.07, 6.45) is 9.20. The summed E-state index contributed by atoms with van der Waals surface area (Å²) >= 11 is 0. The number of rotatable bonds is 6. The first-order valence-corrected chi connectivity index (χ1v) is 7.46. The predicted octanol–water partition coefficient (Wildman–Crippen LogP) is 2.73. The van der Waals surface area contributed by atoms with Gasteiger partial charge < -0.3 is 15.1 Å². The Morgan fingerprint density at radius 3 is 2.85 bits per heavy atom. The molecule has 20 heavy (non-hydrogen) atoms. The summed E-state index contributed by atoms with van der Waals surface area (Å²) in [5.74, 6) is 2.49. The second-order valence-corrected chi connectivity index (χ2v) is 5.62. The lowest BCUT2D eigenvalue weighted by atomic mass is 10.2. The van der Waals surface area contributed by atoms with Crippen molar-refractivity contribution in [2.45, 2.75) is 39.2 Å². The molecule has 0 saturated carbocycles. The average Bonchev–Trinajstić information content (AvgIpc) is 3.08. The Balaban J connectivity index is 1.79. The van der Waals surface area contributed by atoms with Crippen molar-refractivity contribution >= 4 is 5.96 Å². The Bertz CT molecular complexity index is 427. The highest BCUT2D eigenvalue weighted by molar-refractivity contribution is 5.80. The molecule has 0 atom stereocenters. The normalized spacial score (nSPS) is 16.1. The van der Waals surface area contributed by atoms with E-state index in [1.54, 1.807) is 6.26 Å². The maximum Gasteiger partial charge on any atom is 0.191 e. The predicted molar refractivity (Wildman–Crippen MR) is 82.9 cm³/mol. The first-order chi connectivity index (χ1) is 9.74. The molecule has 1 aromatic heterocycles. The zero-order valence-corrected chi connectivity index (χ0v) is 12.4. The van der Waals surface area contributed by atoms with E-state index in [4.69, 9.17) is 4.42 Å². The fraction of sp³-hybridized carbons (Fsp3) is 0.562. The third-order valence-electron chi connectivity index (χ3n) is 3.21. The van der Waals surface area contributed by atoms with E-state index in [-0.39, 0.29) is 0 Å². The fourth-order valence-corrected chi connectivity index (χ4v) is 2.11. The Morgan fingerprint density at radius 2 is 2.20 bits per heavy atom. The van der Waals surface area contributed by atoms with Crippen molar-refractivity contribution in [2.75, 3.05) is 13.1 Å². The quantitative estimate of drug-likeness (QED) is 0.477. The van der Waals surface area contributed by atoms with E-state index >= 15 is 0 Å². The molecule has 110 valence electrons. The second kappa shape index (κ2) is 7.78. The molecule has 2 rings (SSSR count). The van der Waals surface area contributed by atoms with Gasteiger partial charge in [0.2, 0.25) is 0 Å². The molecule has 0 aromatic carbocycles. The molecule has 0 radical (unpaired) electrons. The van der Waals surface area contributed by atoms with Gasteiger partial charge in [0.05, 0.1) is 6.26 Å². The minimum Gasteiger partial charge on any atom is -0.469 e. The Hall–Kier alpha value is -1.71. The molecule has 0 aliphatic heterocycles. The van der Waals surface area contributed by atoms with Gasteiger partial charge >= 0.3 is 0 Å². The van der Waals surface area contributed by atoms with Crippen LogP contribution in [0, 0.1) is 5.92 Å². The average molecular weight is 275 g/mol. The lowest BCUT2D eigenvalue weighted by Crippen LogP contribution is -2.43. The van der Waals surface area contributed by atoms with Gasteiger partial charge in [-0.2, -0.15) is 0 Å². The number of aliphatic imine (C=N–C) groups is 1. The van der Waals surface area contributed by atoms with Crippen LogP contribution in [0.4, 0.5) is 0 Å². The molecule has 0 saturated heterocycles. The fourth-order valence-electron chi connectivity index (χ4n) is 2.11. The molecule has 2 N–H and O–H groups in total. The van der Waals surface area contributed by atoms with Gasteiger partial charge in [0.25, 0.3) is 0 Å². The summed E-state index contributed by atoms with van der Waals surface area (Å²) in [5.41, 5.74) is 0. The van der Waals surface area contributed by atoms with Crippen molar-refractivity contribution in [3.63, 3.8) is 0 Å². The Labute approximate surface area is 121 Å². The molecular weight excluding hydrogens is 250 g/mol. The summed E-state index contributed by atoms with van der Waals surface area (Å²) < 4.78 is 5.34.